The Kier molecular flexibility index (Phi) is 2.82. The molecule has 0 spiro atoms. The van der Waals surface area contributed by atoms with E-state index < -0.39 is 0 Å². The van der Waals surface area contributed by atoms with Crippen molar-refractivity contribution in [2.24, 2.45) is 0 Å². The fourth-order valence-electron chi connectivity index (χ4n) is 0.442. The third-order valence-electron chi connectivity index (χ3n) is 0.842. The van der Waals surface area contributed by atoms with Crippen LogP contribution >= 0.6 is 47.8 Å². The first-order chi connectivity index (χ1) is 4.61. The summed E-state index contributed by atoms with van der Waals surface area (Å²) in [6.07, 6.45) is 0. The lowest BCUT2D eigenvalue weighted by molar-refractivity contribution is 0.605. The van der Waals surface area contributed by atoms with Gasteiger partial charge in [-0.3, -0.25) is 0 Å². The van der Waals surface area contributed by atoms with Gasteiger partial charge in [0.05, 0.1) is 4.47 Å². The average molecular weight is 334 g/mol. The van der Waals surface area contributed by atoms with Crippen LogP contribution in [0.5, 0.6) is 0 Å². The molecule has 0 fully saturated rings. The topological polar surface area (TPSA) is 12.9 Å². The molecule has 0 N–H and O–H groups in total. The Morgan fingerprint density at radius 2 is 1.90 bits per heavy atom. The molecule has 0 radical (unpaired) electrons. The molecule has 0 unspecified atom stereocenters. The summed E-state index contributed by atoms with van der Waals surface area (Å²) in [6, 6.07) is 1.54. The first-order valence-electron chi connectivity index (χ1n) is 2.28. The van der Waals surface area contributed by atoms with Gasteiger partial charge in [-0.1, -0.05) is 0 Å². The third-order valence-corrected chi connectivity index (χ3v) is 2.35. The molecule has 10 heavy (non-hydrogen) atoms. The summed E-state index contributed by atoms with van der Waals surface area (Å²) < 4.78 is 13.9. The van der Waals surface area contributed by atoms with E-state index in [1.54, 1.807) is 6.07 Å². The molecular formula is C5HBr3FN. The molecule has 1 aromatic heterocycles. The summed E-state index contributed by atoms with van der Waals surface area (Å²) in [7, 11) is 0. The second-order valence-corrected chi connectivity index (χ2v) is 3.95. The van der Waals surface area contributed by atoms with Gasteiger partial charge in [-0.25, -0.2) is 9.37 Å². The summed E-state index contributed by atoms with van der Waals surface area (Å²) in [6.45, 7) is 0. The van der Waals surface area contributed by atoms with Crippen molar-refractivity contribution in [3.8, 4) is 0 Å². The van der Waals surface area contributed by atoms with E-state index in [1.165, 1.54) is 0 Å². The highest BCUT2D eigenvalue weighted by Crippen LogP contribution is 2.24. The van der Waals surface area contributed by atoms with Gasteiger partial charge in [-0.15, -0.1) is 0 Å². The first kappa shape index (κ1) is 8.62. The molecule has 0 aliphatic rings. The zero-order valence-electron chi connectivity index (χ0n) is 4.54. The zero-order valence-corrected chi connectivity index (χ0v) is 9.29. The Bertz CT molecular complexity index is 240. The van der Waals surface area contributed by atoms with Crippen LogP contribution in [0.25, 0.3) is 0 Å². The van der Waals surface area contributed by atoms with Crippen LogP contribution in [0.3, 0.4) is 0 Å². The van der Waals surface area contributed by atoms with Crippen LogP contribution in [0.15, 0.2) is 19.7 Å². The fourth-order valence-corrected chi connectivity index (χ4v) is 2.47. The lowest BCUT2D eigenvalue weighted by atomic mass is 10.5. The summed E-state index contributed by atoms with van der Waals surface area (Å²) in [4.78, 5) is 3.76. The molecule has 1 nitrogen and oxygen atoms in total. The van der Waals surface area contributed by atoms with Crippen molar-refractivity contribution in [3.05, 3.63) is 25.6 Å². The smallest absolute Gasteiger partial charge is 0.170 e. The minimum Gasteiger partial charge on any atom is -0.231 e. The van der Waals surface area contributed by atoms with E-state index in [-0.39, 0.29) is 10.4 Å². The van der Waals surface area contributed by atoms with Crippen molar-refractivity contribution in [3.63, 3.8) is 0 Å². The first-order valence-corrected chi connectivity index (χ1v) is 4.66. The Morgan fingerprint density at radius 1 is 1.30 bits per heavy atom. The van der Waals surface area contributed by atoms with Crippen LogP contribution in [0.4, 0.5) is 4.39 Å². The highest BCUT2D eigenvalue weighted by molar-refractivity contribution is 9.11. The van der Waals surface area contributed by atoms with Crippen LogP contribution < -0.4 is 0 Å². The molecule has 0 amide bonds. The van der Waals surface area contributed by atoms with E-state index in [9.17, 15) is 4.39 Å². The Hall–Kier alpha value is 0.520. The van der Waals surface area contributed by atoms with Gasteiger partial charge < -0.3 is 0 Å². The predicted octanol–water partition coefficient (Wildman–Crippen LogP) is 3.51. The van der Waals surface area contributed by atoms with Crippen molar-refractivity contribution in [2.45, 2.75) is 0 Å². The second kappa shape index (κ2) is 3.28. The molecule has 54 valence electrons. The molecule has 0 aliphatic carbocycles. The van der Waals surface area contributed by atoms with E-state index in [4.69, 9.17) is 0 Å². The summed E-state index contributed by atoms with van der Waals surface area (Å²) in [5.74, 6) is -0.386. The van der Waals surface area contributed by atoms with Gasteiger partial charge in [0.25, 0.3) is 0 Å². The van der Waals surface area contributed by atoms with E-state index in [0.717, 1.165) is 0 Å². The van der Waals surface area contributed by atoms with Gasteiger partial charge in [0.1, 0.15) is 9.21 Å². The SMILES string of the molecule is Fc1c(Br)cc(Br)nc1Br. The number of hydrogen-bond donors (Lipinski definition) is 0. The summed E-state index contributed by atoms with van der Waals surface area (Å²) in [5, 5.41) is 0. The fraction of sp³-hybridized carbons (Fsp3) is 0. The van der Waals surface area contributed by atoms with Crippen LogP contribution in [0, 0.1) is 5.82 Å². The molecule has 1 heterocycles. The lowest BCUT2D eigenvalue weighted by Crippen LogP contribution is -1.84. The van der Waals surface area contributed by atoms with E-state index in [0.29, 0.717) is 9.08 Å². The number of halogens is 4. The monoisotopic (exact) mass is 331 g/mol. The van der Waals surface area contributed by atoms with Crippen LogP contribution in [-0.2, 0) is 0 Å². The highest BCUT2D eigenvalue weighted by atomic mass is 79.9. The van der Waals surface area contributed by atoms with Gasteiger partial charge in [0, 0.05) is 0 Å². The maximum absolute atomic E-state index is 12.7. The van der Waals surface area contributed by atoms with E-state index in [2.05, 4.69) is 52.8 Å². The predicted molar refractivity (Wildman–Crippen MR) is 47.3 cm³/mol. The summed E-state index contributed by atoms with van der Waals surface area (Å²) in [5.41, 5.74) is 0. The van der Waals surface area contributed by atoms with Crippen molar-refractivity contribution in [2.75, 3.05) is 0 Å². The Labute approximate surface area is 82.4 Å². The molecule has 0 saturated carbocycles. The van der Waals surface area contributed by atoms with Gasteiger partial charge in [0.2, 0.25) is 0 Å². The number of nitrogens with zero attached hydrogens (tertiary/aromatic N) is 1. The van der Waals surface area contributed by atoms with Crippen molar-refractivity contribution < 1.29 is 4.39 Å². The van der Waals surface area contributed by atoms with Crippen molar-refractivity contribution >= 4 is 47.8 Å². The Morgan fingerprint density at radius 3 is 2.40 bits per heavy atom. The number of aromatic nitrogens is 1. The Balaban J connectivity index is 3.31. The standard InChI is InChI=1S/C5HBr3FN/c6-2-1-3(7)10-5(8)4(2)9/h1H. The van der Waals surface area contributed by atoms with Crippen LogP contribution in [-0.4, -0.2) is 4.98 Å². The van der Waals surface area contributed by atoms with Gasteiger partial charge in [-0.2, -0.15) is 0 Å². The molecule has 1 rings (SSSR count). The molecular weight excluding hydrogens is 333 g/mol. The summed E-state index contributed by atoms with van der Waals surface area (Å²) >= 11 is 9.08. The lowest BCUT2D eigenvalue weighted by Gasteiger charge is -1.96. The maximum Gasteiger partial charge on any atom is 0.170 e. The molecule has 5 heteroatoms. The van der Waals surface area contributed by atoms with Gasteiger partial charge in [-0.05, 0) is 53.9 Å². The third kappa shape index (κ3) is 1.77. The number of hydrogen-bond acceptors (Lipinski definition) is 1. The normalized spacial score (nSPS) is 10.0. The number of pyridine rings is 1. The molecule has 0 aliphatic heterocycles. The van der Waals surface area contributed by atoms with Gasteiger partial charge in [0.15, 0.2) is 5.82 Å². The minimum absolute atomic E-state index is 0.203. The molecule has 0 saturated heterocycles. The molecule has 0 aromatic carbocycles. The number of rotatable bonds is 0. The van der Waals surface area contributed by atoms with Crippen molar-refractivity contribution in [1.82, 2.24) is 4.98 Å². The van der Waals surface area contributed by atoms with Crippen LogP contribution in [0.1, 0.15) is 0 Å². The largest absolute Gasteiger partial charge is 0.231 e. The average Bonchev–Trinajstić information content (AvgIpc) is 1.82. The molecule has 1 aromatic rings. The minimum atomic E-state index is -0.386. The van der Waals surface area contributed by atoms with Crippen LogP contribution in [0.2, 0.25) is 0 Å². The molecule has 0 atom stereocenters. The highest BCUT2D eigenvalue weighted by Gasteiger charge is 2.05. The maximum atomic E-state index is 12.7. The quantitative estimate of drug-likeness (QED) is 0.662. The zero-order chi connectivity index (χ0) is 7.72. The van der Waals surface area contributed by atoms with Crippen molar-refractivity contribution in [1.29, 1.82) is 0 Å². The van der Waals surface area contributed by atoms with E-state index >= 15 is 0 Å². The van der Waals surface area contributed by atoms with Gasteiger partial charge >= 0.3 is 0 Å². The molecule has 0 bridgehead atoms. The second-order valence-electron chi connectivity index (χ2n) is 1.53. The van der Waals surface area contributed by atoms with E-state index in [1.807, 2.05) is 0 Å².